The van der Waals surface area contributed by atoms with E-state index in [0.717, 1.165) is 11.8 Å². The first-order valence-corrected chi connectivity index (χ1v) is 10.5. The van der Waals surface area contributed by atoms with Crippen molar-refractivity contribution in [3.05, 3.63) is 77.0 Å². The van der Waals surface area contributed by atoms with Crippen LogP contribution in [0.3, 0.4) is 0 Å². The summed E-state index contributed by atoms with van der Waals surface area (Å²) in [7, 11) is 0. The predicted octanol–water partition coefficient (Wildman–Crippen LogP) is 7.09. The van der Waals surface area contributed by atoms with Crippen molar-refractivity contribution < 1.29 is 13.5 Å². The fraction of sp³-hybridized carbons (Fsp3) is 0.304. The van der Waals surface area contributed by atoms with Crippen LogP contribution >= 0.6 is 11.8 Å². The summed E-state index contributed by atoms with van der Waals surface area (Å²) in [6, 6.07) is 13.3. The molecule has 3 aromatic rings. The molecule has 0 saturated heterocycles. The van der Waals surface area contributed by atoms with Crippen molar-refractivity contribution in [3.8, 4) is 11.6 Å². The molecule has 0 spiro atoms. The lowest BCUT2D eigenvalue weighted by atomic mass is 10.0. The van der Waals surface area contributed by atoms with E-state index in [1.54, 1.807) is 0 Å². The maximum atomic E-state index is 13.9. The zero-order chi connectivity index (χ0) is 21.0. The van der Waals surface area contributed by atoms with Crippen LogP contribution in [0.15, 0.2) is 53.7 Å². The highest BCUT2D eigenvalue weighted by Gasteiger charge is 2.12. The van der Waals surface area contributed by atoms with E-state index in [1.807, 2.05) is 38.1 Å². The van der Waals surface area contributed by atoms with Crippen molar-refractivity contribution >= 4 is 11.8 Å². The molecule has 0 N–H and O–H groups in total. The van der Waals surface area contributed by atoms with Crippen molar-refractivity contribution in [1.29, 1.82) is 0 Å². The maximum Gasteiger partial charge on any atom is 0.223 e. The molecule has 0 radical (unpaired) electrons. The number of aromatic nitrogens is 2. The predicted molar refractivity (Wildman–Crippen MR) is 113 cm³/mol. The highest BCUT2D eigenvalue weighted by molar-refractivity contribution is 7.98. The van der Waals surface area contributed by atoms with Crippen LogP contribution in [0.4, 0.5) is 8.78 Å². The SMILES string of the molecule is CC(C)c1cccc(Oc2cc(C(C)C)nc(SCc3ccc(F)cc3F)n2)c1. The lowest BCUT2D eigenvalue weighted by molar-refractivity contribution is 0.452. The Morgan fingerprint density at radius 2 is 1.72 bits per heavy atom. The van der Waals surface area contributed by atoms with Gasteiger partial charge in [-0.1, -0.05) is 57.7 Å². The first-order valence-electron chi connectivity index (χ1n) is 9.55. The molecule has 3 nitrogen and oxygen atoms in total. The number of benzene rings is 2. The van der Waals surface area contributed by atoms with E-state index in [1.165, 1.54) is 29.5 Å². The van der Waals surface area contributed by atoms with Crippen molar-refractivity contribution in [3.63, 3.8) is 0 Å². The summed E-state index contributed by atoms with van der Waals surface area (Å²) in [5.41, 5.74) is 2.43. The molecule has 0 atom stereocenters. The first kappa shape index (κ1) is 21.2. The second kappa shape index (κ2) is 9.35. The lowest BCUT2D eigenvalue weighted by Gasteiger charge is -2.12. The number of halogens is 2. The highest BCUT2D eigenvalue weighted by atomic mass is 32.2. The normalized spacial score (nSPS) is 11.3. The van der Waals surface area contributed by atoms with Gasteiger partial charge in [-0.2, -0.15) is 4.98 Å². The van der Waals surface area contributed by atoms with Gasteiger partial charge in [0.1, 0.15) is 17.4 Å². The zero-order valence-electron chi connectivity index (χ0n) is 16.9. The minimum atomic E-state index is -0.589. The van der Waals surface area contributed by atoms with E-state index < -0.39 is 11.6 Å². The maximum absolute atomic E-state index is 13.9. The second-order valence-electron chi connectivity index (χ2n) is 7.42. The fourth-order valence-corrected chi connectivity index (χ4v) is 3.52. The smallest absolute Gasteiger partial charge is 0.223 e. The van der Waals surface area contributed by atoms with Gasteiger partial charge >= 0.3 is 0 Å². The Kier molecular flexibility index (Phi) is 6.85. The molecule has 0 aliphatic heterocycles. The third-order valence-electron chi connectivity index (χ3n) is 4.41. The van der Waals surface area contributed by atoms with Gasteiger partial charge in [0.2, 0.25) is 5.88 Å². The van der Waals surface area contributed by atoms with E-state index in [0.29, 0.717) is 34.0 Å². The minimum absolute atomic E-state index is 0.184. The molecule has 0 aliphatic carbocycles. The number of rotatable bonds is 7. The van der Waals surface area contributed by atoms with Crippen LogP contribution in [0.5, 0.6) is 11.6 Å². The molecule has 1 heterocycles. The minimum Gasteiger partial charge on any atom is -0.439 e. The van der Waals surface area contributed by atoms with Crippen molar-refractivity contribution in [1.82, 2.24) is 9.97 Å². The summed E-state index contributed by atoms with van der Waals surface area (Å²) in [4.78, 5) is 9.04. The van der Waals surface area contributed by atoms with Crippen LogP contribution in [-0.2, 0) is 5.75 Å². The summed E-state index contributed by atoms with van der Waals surface area (Å²) < 4.78 is 33.0. The molecular formula is C23H24F2N2OS. The molecule has 152 valence electrons. The van der Waals surface area contributed by atoms with E-state index >= 15 is 0 Å². The van der Waals surface area contributed by atoms with Crippen LogP contribution in [0.25, 0.3) is 0 Å². The van der Waals surface area contributed by atoms with Gasteiger partial charge in [0, 0.05) is 17.9 Å². The largest absolute Gasteiger partial charge is 0.439 e. The van der Waals surface area contributed by atoms with Crippen LogP contribution in [0.1, 0.15) is 56.4 Å². The van der Waals surface area contributed by atoms with Crippen molar-refractivity contribution in [2.45, 2.75) is 50.4 Å². The molecular weight excluding hydrogens is 390 g/mol. The Hall–Kier alpha value is -2.47. The Balaban J connectivity index is 1.83. The topological polar surface area (TPSA) is 35.0 Å². The van der Waals surface area contributed by atoms with Crippen molar-refractivity contribution in [2.75, 3.05) is 0 Å². The van der Waals surface area contributed by atoms with Gasteiger partial charge in [0.05, 0.1) is 5.69 Å². The summed E-state index contributed by atoms with van der Waals surface area (Å²) in [6.07, 6.45) is 0. The van der Waals surface area contributed by atoms with E-state index in [-0.39, 0.29) is 5.92 Å². The monoisotopic (exact) mass is 414 g/mol. The van der Waals surface area contributed by atoms with E-state index in [4.69, 9.17) is 4.74 Å². The molecule has 29 heavy (non-hydrogen) atoms. The zero-order valence-corrected chi connectivity index (χ0v) is 17.8. The summed E-state index contributed by atoms with van der Waals surface area (Å²) in [6.45, 7) is 8.34. The molecule has 0 unspecified atom stereocenters. The average Bonchev–Trinajstić information content (AvgIpc) is 2.67. The van der Waals surface area contributed by atoms with Crippen LogP contribution in [0.2, 0.25) is 0 Å². The molecule has 1 aromatic heterocycles. The first-order chi connectivity index (χ1) is 13.8. The van der Waals surface area contributed by atoms with Gasteiger partial charge in [-0.25, -0.2) is 13.8 Å². The van der Waals surface area contributed by atoms with Crippen LogP contribution < -0.4 is 4.74 Å². The van der Waals surface area contributed by atoms with E-state index in [2.05, 4.69) is 29.9 Å². The Bertz CT molecular complexity index is 992. The number of ether oxygens (including phenoxy) is 1. The molecule has 0 amide bonds. The number of thioether (sulfide) groups is 1. The van der Waals surface area contributed by atoms with Gasteiger partial charge in [0.15, 0.2) is 5.16 Å². The lowest BCUT2D eigenvalue weighted by Crippen LogP contribution is -2.00. The van der Waals surface area contributed by atoms with Gasteiger partial charge in [-0.05, 0) is 41.2 Å². The Morgan fingerprint density at radius 1 is 0.931 bits per heavy atom. The summed E-state index contributed by atoms with van der Waals surface area (Å²) >= 11 is 1.29. The van der Waals surface area contributed by atoms with Gasteiger partial charge in [-0.15, -0.1) is 0 Å². The molecule has 0 aliphatic rings. The quantitative estimate of drug-likeness (QED) is 0.305. The summed E-state index contributed by atoms with van der Waals surface area (Å²) in [5.74, 6) is 0.886. The number of nitrogens with zero attached hydrogens (tertiary/aromatic N) is 2. The van der Waals surface area contributed by atoms with Crippen LogP contribution in [0, 0.1) is 11.6 Å². The van der Waals surface area contributed by atoms with Gasteiger partial charge < -0.3 is 4.74 Å². The molecule has 0 fully saturated rings. The van der Waals surface area contributed by atoms with Gasteiger partial charge in [0.25, 0.3) is 0 Å². The Morgan fingerprint density at radius 3 is 2.41 bits per heavy atom. The molecule has 6 heteroatoms. The average molecular weight is 415 g/mol. The molecule has 3 rings (SSSR count). The van der Waals surface area contributed by atoms with Crippen molar-refractivity contribution in [2.24, 2.45) is 0 Å². The van der Waals surface area contributed by atoms with Gasteiger partial charge in [-0.3, -0.25) is 0 Å². The third kappa shape index (κ3) is 5.76. The molecule has 0 bridgehead atoms. The van der Waals surface area contributed by atoms with Crippen LogP contribution in [-0.4, -0.2) is 9.97 Å². The van der Waals surface area contributed by atoms with E-state index in [9.17, 15) is 8.78 Å². The second-order valence-corrected chi connectivity index (χ2v) is 8.36. The summed E-state index contributed by atoms with van der Waals surface area (Å²) in [5, 5.41) is 0.495. The number of hydrogen-bond donors (Lipinski definition) is 0. The third-order valence-corrected chi connectivity index (χ3v) is 5.31. The fourth-order valence-electron chi connectivity index (χ4n) is 2.67. The molecule has 0 saturated carbocycles. The standard InChI is InChI=1S/C23H24F2N2OS/c1-14(2)16-6-5-7-19(10-16)28-22-12-21(15(3)4)26-23(27-22)29-13-17-8-9-18(24)11-20(17)25/h5-12,14-15H,13H2,1-4H3. The molecule has 2 aromatic carbocycles. The Labute approximate surface area is 174 Å². The number of hydrogen-bond acceptors (Lipinski definition) is 4. The highest BCUT2D eigenvalue weighted by Crippen LogP contribution is 2.29.